The fourth-order valence-electron chi connectivity index (χ4n) is 1.45. The van der Waals surface area contributed by atoms with Gasteiger partial charge in [-0.2, -0.15) is 0 Å². The smallest absolute Gasteiger partial charge is 0.333 e. The van der Waals surface area contributed by atoms with Crippen molar-refractivity contribution in [2.75, 3.05) is 6.61 Å². The van der Waals surface area contributed by atoms with Crippen molar-refractivity contribution in [1.82, 2.24) is 0 Å². The molecule has 0 fully saturated rings. The third kappa shape index (κ3) is 10.2. The maximum atomic E-state index is 11.3. The fourth-order valence-corrected chi connectivity index (χ4v) is 1.45. The third-order valence-corrected chi connectivity index (χ3v) is 3.05. The van der Waals surface area contributed by atoms with Gasteiger partial charge in [0.15, 0.2) is 0 Å². The summed E-state index contributed by atoms with van der Waals surface area (Å²) in [6.07, 6.45) is 5.27. The minimum absolute atomic E-state index is 0.197. The Hall–Kier alpha value is -2.62. The number of carbonyl (C=O) groups is 2. The van der Waals surface area contributed by atoms with Gasteiger partial charge in [-0.3, -0.25) is 0 Å². The van der Waals surface area contributed by atoms with E-state index in [-0.39, 0.29) is 17.6 Å². The Bertz CT molecular complexity index is 571. The van der Waals surface area contributed by atoms with Crippen molar-refractivity contribution in [3.05, 3.63) is 66.3 Å². The number of hydrogen-bond donors (Lipinski definition) is 1. The monoisotopic (exact) mass is 330 g/mol. The number of carboxylic acids is 1. The van der Waals surface area contributed by atoms with Gasteiger partial charge in [0, 0.05) is 11.1 Å². The van der Waals surface area contributed by atoms with E-state index < -0.39 is 11.9 Å². The molecule has 0 atom stereocenters. The molecule has 0 saturated heterocycles. The highest BCUT2D eigenvalue weighted by Gasteiger charge is 2.07. The van der Waals surface area contributed by atoms with Crippen LogP contribution in [0.5, 0.6) is 0 Å². The number of hydrogen-bond acceptors (Lipinski definition) is 3. The molecule has 0 aliphatic carbocycles. The predicted molar refractivity (Wildman–Crippen MR) is 97.5 cm³/mol. The van der Waals surface area contributed by atoms with Gasteiger partial charge in [0.05, 0.1) is 6.61 Å². The maximum Gasteiger partial charge on any atom is 0.333 e. The standard InChI is InChI=1S/C12H18O4.C8H8/c1-4-5-8-16-12(15)10(3)7-6-9(2)11(13)14;1-2-8-6-4-3-5-7-8/h6H,3-5,7-8H2,1-2H3,(H,13,14);2-7H,1H2. The highest BCUT2D eigenvalue weighted by atomic mass is 16.5. The highest BCUT2D eigenvalue weighted by Crippen LogP contribution is 2.06. The molecule has 1 aromatic carbocycles. The van der Waals surface area contributed by atoms with Gasteiger partial charge in [-0.05, 0) is 25.3 Å². The Morgan fingerprint density at radius 2 is 1.88 bits per heavy atom. The number of benzene rings is 1. The van der Waals surface area contributed by atoms with E-state index in [9.17, 15) is 9.59 Å². The first-order valence-electron chi connectivity index (χ1n) is 7.84. The number of allylic oxidation sites excluding steroid dienone is 1. The summed E-state index contributed by atoms with van der Waals surface area (Å²) < 4.78 is 4.92. The average Bonchev–Trinajstić information content (AvgIpc) is 2.60. The lowest BCUT2D eigenvalue weighted by atomic mass is 10.1. The largest absolute Gasteiger partial charge is 0.478 e. The summed E-state index contributed by atoms with van der Waals surface area (Å²) in [5.74, 6) is -1.45. The second kappa shape index (κ2) is 12.9. The topological polar surface area (TPSA) is 63.6 Å². The molecule has 0 aliphatic heterocycles. The van der Waals surface area contributed by atoms with Crippen LogP contribution in [-0.4, -0.2) is 23.7 Å². The molecule has 0 saturated carbocycles. The molecule has 4 nitrogen and oxygen atoms in total. The number of carboxylic acid groups (broad SMARTS) is 1. The van der Waals surface area contributed by atoms with Crippen molar-refractivity contribution in [3.8, 4) is 0 Å². The summed E-state index contributed by atoms with van der Waals surface area (Å²) >= 11 is 0. The van der Waals surface area contributed by atoms with Crippen LogP contribution in [0.4, 0.5) is 0 Å². The van der Waals surface area contributed by atoms with Crippen molar-refractivity contribution in [2.45, 2.75) is 33.1 Å². The molecule has 0 radical (unpaired) electrons. The Morgan fingerprint density at radius 1 is 1.25 bits per heavy atom. The molecule has 0 unspecified atom stereocenters. The molecule has 0 spiro atoms. The van der Waals surface area contributed by atoms with Crippen LogP contribution in [0.3, 0.4) is 0 Å². The fraction of sp³-hybridized carbons (Fsp3) is 0.300. The van der Waals surface area contributed by atoms with Gasteiger partial charge in [0.1, 0.15) is 0 Å². The van der Waals surface area contributed by atoms with E-state index in [1.54, 1.807) is 0 Å². The molecule has 1 N–H and O–H groups in total. The molecule has 0 bridgehead atoms. The molecule has 0 aliphatic rings. The van der Waals surface area contributed by atoms with E-state index in [1.807, 2.05) is 43.3 Å². The van der Waals surface area contributed by atoms with Crippen molar-refractivity contribution in [2.24, 2.45) is 0 Å². The van der Waals surface area contributed by atoms with E-state index >= 15 is 0 Å². The lowest BCUT2D eigenvalue weighted by Gasteiger charge is -2.04. The van der Waals surface area contributed by atoms with Gasteiger partial charge in [-0.15, -0.1) is 0 Å². The van der Waals surface area contributed by atoms with Gasteiger partial charge in [0.2, 0.25) is 0 Å². The van der Waals surface area contributed by atoms with Crippen LogP contribution in [-0.2, 0) is 14.3 Å². The van der Waals surface area contributed by atoms with Gasteiger partial charge < -0.3 is 9.84 Å². The van der Waals surface area contributed by atoms with Crippen LogP contribution in [0, 0.1) is 0 Å². The molecular weight excluding hydrogens is 304 g/mol. The first-order valence-corrected chi connectivity index (χ1v) is 7.84. The van der Waals surface area contributed by atoms with Gasteiger partial charge in [0.25, 0.3) is 0 Å². The van der Waals surface area contributed by atoms with Crippen molar-refractivity contribution >= 4 is 18.0 Å². The summed E-state index contributed by atoms with van der Waals surface area (Å²) in [6, 6.07) is 10.0. The van der Waals surface area contributed by atoms with Crippen LogP contribution in [0.25, 0.3) is 6.08 Å². The maximum absolute atomic E-state index is 11.3. The van der Waals surface area contributed by atoms with Gasteiger partial charge in [-0.1, -0.05) is 69.0 Å². The summed E-state index contributed by atoms with van der Waals surface area (Å²) in [7, 11) is 0. The SMILES string of the molecule is C=C(CC=C(C)C(=O)O)C(=O)OCCCC.C=Cc1ccccc1. The Labute approximate surface area is 144 Å². The first-order chi connectivity index (χ1) is 11.4. The molecule has 0 heterocycles. The molecule has 130 valence electrons. The predicted octanol–water partition coefficient (Wildman–Crippen LogP) is 4.64. The molecule has 1 aromatic rings. The lowest BCUT2D eigenvalue weighted by Crippen LogP contribution is -2.08. The first kappa shape index (κ1) is 21.4. The number of esters is 1. The van der Waals surface area contributed by atoms with Crippen LogP contribution < -0.4 is 0 Å². The Morgan fingerprint density at radius 3 is 2.33 bits per heavy atom. The second-order valence-electron chi connectivity index (χ2n) is 5.10. The van der Waals surface area contributed by atoms with Crippen molar-refractivity contribution in [1.29, 1.82) is 0 Å². The highest BCUT2D eigenvalue weighted by molar-refractivity contribution is 5.89. The van der Waals surface area contributed by atoms with E-state index in [2.05, 4.69) is 13.2 Å². The molecular formula is C20H26O4. The molecule has 1 rings (SSSR count). The van der Waals surface area contributed by atoms with E-state index in [4.69, 9.17) is 9.84 Å². The zero-order valence-electron chi connectivity index (χ0n) is 14.5. The number of rotatable bonds is 8. The molecule has 4 heteroatoms. The second-order valence-corrected chi connectivity index (χ2v) is 5.10. The quantitative estimate of drug-likeness (QED) is 0.428. The Balaban J connectivity index is 0.000000546. The van der Waals surface area contributed by atoms with Crippen LogP contribution >= 0.6 is 0 Å². The summed E-state index contributed by atoms with van der Waals surface area (Å²) in [6.45, 7) is 11.0. The van der Waals surface area contributed by atoms with Crippen molar-refractivity contribution in [3.63, 3.8) is 0 Å². The van der Waals surface area contributed by atoms with E-state index in [0.717, 1.165) is 12.8 Å². The minimum Gasteiger partial charge on any atom is -0.478 e. The van der Waals surface area contributed by atoms with Crippen LogP contribution in [0.15, 0.2) is 60.7 Å². The number of aliphatic carboxylic acids is 1. The zero-order chi connectivity index (χ0) is 18.4. The summed E-state index contributed by atoms with van der Waals surface area (Å²) in [5, 5.41) is 8.59. The van der Waals surface area contributed by atoms with Crippen LogP contribution in [0.1, 0.15) is 38.7 Å². The number of carbonyl (C=O) groups excluding carboxylic acids is 1. The van der Waals surface area contributed by atoms with E-state index in [0.29, 0.717) is 6.61 Å². The third-order valence-electron chi connectivity index (χ3n) is 3.05. The zero-order valence-corrected chi connectivity index (χ0v) is 14.5. The average molecular weight is 330 g/mol. The van der Waals surface area contributed by atoms with Gasteiger partial charge in [-0.25, -0.2) is 9.59 Å². The van der Waals surface area contributed by atoms with Gasteiger partial charge >= 0.3 is 11.9 Å². The van der Waals surface area contributed by atoms with Crippen LogP contribution in [0.2, 0.25) is 0 Å². The number of unbranched alkanes of at least 4 members (excludes halogenated alkanes) is 1. The van der Waals surface area contributed by atoms with E-state index in [1.165, 1.54) is 18.6 Å². The Kier molecular flexibility index (Phi) is 11.5. The minimum atomic E-state index is -0.993. The molecule has 0 aromatic heterocycles. The summed E-state index contributed by atoms with van der Waals surface area (Å²) in [4.78, 5) is 21.8. The summed E-state index contributed by atoms with van der Waals surface area (Å²) in [5.41, 5.74) is 1.65. The molecule has 0 amide bonds. The molecule has 24 heavy (non-hydrogen) atoms. The normalized spacial score (nSPS) is 10.2. The van der Waals surface area contributed by atoms with Crippen molar-refractivity contribution < 1.29 is 19.4 Å². The number of ether oxygens (including phenoxy) is 1. The lowest BCUT2D eigenvalue weighted by molar-refractivity contribution is -0.139.